The van der Waals surface area contributed by atoms with Gasteiger partial charge in [0, 0.05) is 31.6 Å². The van der Waals surface area contributed by atoms with Gasteiger partial charge < -0.3 is 4.90 Å². The normalized spacial score (nSPS) is 11.3. The zero-order valence-corrected chi connectivity index (χ0v) is 15.1. The smallest absolute Gasteiger partial charge is 0.240 e. The first-order valence-corrected chi connectivity index (χ1v) is 9.39. The lowest BCUT2D eigenvalue weighted by Gasteiger charge is -2.21. The number of hydrogen-bond acceptors (Lipinski definition) is 3. The second-order valence-corrected chi connectivity index (χ2v) is 7.62. The summed E-state index contributed by atoms with van der Waals surface area (Å²) in [5.74, 6) is -0.552. The van der Waals surface area contributed by atoms with Crippen LogP contribution in [0.4, 0.5) is 4.39 Å². The molecule has 0 aromatic heterocycles. The highest BCUT2D eigenvalue weighted by atomic mass is 35.5. The van der Waals surface area contributed by atoms with Gasteiger partial charge in [0.15, 0.2) is 0 Å². The number of carbonyl (C=O) groups is 1. The molecule has 0 saturated carbocycles. The van der Waals surface area contributed by atoms with Crippen molar-refractivity contribution in [1.82, 2.24) is 9.62 Å². The molecule has 8 heteroatoms. The van der Waals surface area contributed by atoms with E-state index in [9.17, 15) is 17.6 Å². The molecule has 0 heterocycles. The highest BCUT2D eigenvalue weighted by Gasteiger charge is 2.15. The van der Waals surface area contributed by atoms with Crippen LogP contribution in [0.2, 0.25) is 5.02 Å². The lowest BCUT2D eigenvalue weighted by Crippen LogP contribution is -2.37. The van der Waals surface area contributed by atoms with Gasteiger partial charge in [-0.2, -0.15) is 0 Å². The lowest BCUT2D eigenvalue weighted by molar-refractivity contribution is -0.129. The molecule has 2 aromatic carbocycles. The van der Waals surface area contributed by atoms with Gasteiger partial charge in [-0.3, -0.25) is 4.79 Å². The Balaban J connectivity index is 1.95. The fraction of sp³-hybridized carbons (Fsp3) is 0.235. The summed E-state index contributed by atoms with van der Waals surface area (Å²) in [7, 11) is -3.67. The number of hydrogen-bond donors (Lipinski definition) is 1. The summed E-state index contributed by atoms with van der Waals surface area (Å²) < 4.78 is 39.8. The third kappa shape index (κ3) is 5.81. The van der Waals surface area contributed by atoms with Crippen LogP contribution >= 0.6 is 11.6 Å². The van der Waals surface area contributed by atoms with Crippen molar-refractivity contribution < 1.29 is 17.6 Å². The predicted octanol–water partition coefficient (Wildman–Crippen LogP) is 2.81. The molecule has 0 atom stereocenters. The number of amides is 1. The van der Waals surface area contributed by atoms with Crippen LogP contribution in [0, 0.1) is 5.82 Å². The second-order valence-electron chi connectivity index (χ2n) is 5.42. The first kappa shape index (κ1) is 19.4. The minimum absolute atomic E-state index is 0.0612. The number of halogens is 2. The Morgan fingerprint density at radius 2 is 1.72 bits per heavy atom. The Bertz CT molecular complexity index is 824. The van der Waals surface area contributed by atoms with E-state index in [1.54, 1.807) is 12.1 Å². The maximum absolute atomic E-state index is 12.9. The van der Waals surface area contributed by atoms with Gasteiger partial charge in [-0.05, 0) is 42.0 Å². The van der Waals surface area contributed by atoms with Crippen molar-refractivity contribution in [1.29, 1.82) is 0 Å². The minimum atomic E-state index is -3.67. The standard InChI is InChI=1S/C17H18ClFN2O3S/c1-13(22)21(12-14-2-6-16(19)7-3-14)11-10-20-25(23,24)17-8-4-15(18)5-9-17/h2-9,20H,10-12H2,1H3. The van der Waals surface area contributed by atoms with Crippen LogP contribution in [0.3, 0.4) is 0 Å². The maximum atomic E-state index is 12.9. The van der Waals surface area contributed by atoms with Crippen molar-refractivity contribution >= 4 is 27.5 Å². The molecule has 0 aliphatic carbocycles. The molecule has 0 spiro atoms. The van der Waals surface area contributed by atoms with Crippen LogP contribution in [0.1, 0.15) is 12.5 Å². The van der Waals surface area contributed by atoms with E-state index in [2.05, 4.69) is 4.72 Å². The van der Waals surface area contributed by atoms with E-state index < -0.39 is 10.0 Å². The number of carbonyl (C=O) groups excluding carboxylic acids is 1. The molecule has 0 unspecified atom stereocenters. The Morgan fingerprint density at radius 1 is 1.12 bits per heavy atom. The van der Waals surface area contributed by atoms with Crippen molar-refractivity contribution in [2.24, 2.45) is 0 Å². The van der Waals surface area contributed by atoms with Crippen molar-refractivity contribution in [2.75, 3.05) is 13.1 Å². The third-order valence-electron chi connectivity index (χ3n) is 3.53. The van der Waals surface area contributed by atoms with Crippen LogP contribution in [-0.4, -0.2) is 32.3 Å². The van der Waals surface area contributed by atoms with Crippen LogP contribution in [-0.2, 0) is 21.4 Å². The van der Waals surface area contributed by atoms with Gasteiger partial charge in [0.25, 0.3) is 0 Å². The number of nitrogens with one attached hydrogen (secondary N) is 1. The molecular formula is C17H18ClFN2O3S. The van der Waals surface area contributed by atoms with Gasteiger partial charge in [-0.1, -0.05) is 23.7 Å². The zero-order chi connectivity index (χ0) is 18.4. The Labute approximate surface area is 151 Å². The van der Waals surface area contributed by atoms with Crippen molar-refractivity contribution in [3.05, 3.63) is 64.9 Å². The van der Waals surface area contributed by atoms with Gasteiger partial charge in [0.1, 0.15) is 5.82 Å². The van der Waals surface area contributed by atoms with E-state index in [4.69, 9.17) is 11.6 Å². The van der Waals surface area contributed by atoms with Crippen LogP contribution in [0.25, 0.3) is 0 Å². The third-order valence-corrected chi connectivity index (χ3v) is 5.26. The molecule has 0 aliphatic heterocycles. The lowest BCUT2D eigenvalue weighted by atomic mass is 10.2. The topological polar surface area (TPSA) is 66.5 Å². The van der Waals surface area contributed by atoms with E-state index in [0.29, 0.717) is 5.02 Å². The van der Waals surface area contributed by atoms with Crippen molar-refractivity contribution in [3.63, 3.8) is 0 Å². The van der Waals surface area contributed by atoms with Crippen molar-refractivity contribution in [2.45, 2.75) is 18.4 Å². The monoisotopic (exact) mass is 384 g/mol. The largest absolute Gasteiger partial charge is 0.337 e. The summed E-state index contributed by atoms with van der Waals surface area (Å²) >= 11 is 5.75. The highest BCUT2D eigenvalue weighted by Crippen LogP contribution is 2.13. The van der Waals surface area contributed by atoms with Crippen LogP contribution < -0.4 is 4.72 Å². The molecule has 1 N–H and O–H groups in total. The second kappa shape index (κ2) is 8.42. The van der Waals surface area contributed by atoms with E-state index in [-0.39, 0.29) is 36.3 Å². The van der Waals surface area contributed by atoms with Gasteiger partial charge in [0.2, 0.25) is 15.9 Å². The summed E-state index contributed by atoms with van der Waals surface area (Å²) in [5.41, 5.74) is 0.761. The molecule has 5 nitrogen and oxygen atoms in total. The minimum Gasteiger partial charge on any atom is -0.337 e. The summed E-state index contributed by atoms with van der Waals surface area (Å²) in [6.45, 7) is 1.93. The number of sulfonamides is 1. The SMILES string of the molecule is CC(=O)N(CCNS(=O)(=O)c1ccc(Cl)cc1)Cc1ccc(F)cc1. The van der Waals surface area contributed by atoms with Crippen molar-refractivity contribution in [3.8, 4) is 0 Å². The average Bonchev–Trinajstić information content (AvgIpc) is 2.56. The molecule has 0 aliphatic rings. The average molecular weight is 385 g/mol. The summed E-state index contributed by atoms with van der Waals surface area (Å²) in [6.07, 6.45) is 0. The van der Waals surface area contributed by atoms with E-state index in [1.165, 1.54) is 48.2 Å². The molecule has 2 rings (SSSR count). The van der Waals surface area contributed by atoms with E-state index >= 15 is 0 Å². The van der Waals surface area contributed by atoms with Crippen LogP contribution in [0.5, 0.6) is 0 Å². The molecule has 0 saturated heterocycles. The Morgan fingerprint density at radius 3 is 2.28 bits per heavy atom. The van der Waals surface area contributed by atoms with Crippen LogP contribution in [0.15, 0.2) is 53.4 Å². The molecule has 134 valence electrons. The van der Waals surface area contributed by atoms with Gasteiger partial charge in [0.05, 0.1) is 4.90 Å². The van der Waals surface area contributed by atoms with Gasteiger partial charge in [-0.15, -0.1) is 0 Å². The Hall–Kier alpha value is -1.96. The zero-order valence-electron chi connectivity index (χ0n) is 13.6. The summed E-state index contributed by atoms with van der Waals surface area (Å²) in [5, 5.41) is 0.445. The highest BCUT2D eigenvalue weighted by molar-refractivity contribution is 7.89. The van der Waals surface area contributed by atoms with Gasteiger partial charge in [-0.25, -0.2) is 17.5 Å². The molecule has 0 radical (unpaired) electrons. The molecule has 2 aromatic rings. The molecular weight excluding hydrogens is 367 g/mol. The summed E-state index contributed by atoms with van der Waals surface area (Å²) in [4.78, 5) is 13.3. The van der Waals surface area contributed by atoms with Gasteiger partial charge >= 0.3 is 0 Å². The Kier molecular flexibility index (Phi) is 6.52. The first-order valence-electron chi connectivity index (χ1n) is 7.53. The number of nitrogens with zero attached hydrogens (tertiary/aromatic N) is 1. The molecule has 25 heavy (non-hydrogen) atoms. The van der Waals surface area contributed by atoms with E-state index in [1.807, 2.05) is 0 Å². The van der Waals surface area contributed by atoms with E-state index in [0.717, 1.165) is 5.56 Å². The number of rotatable bonds is 7. The summed E-state index contributed by atoms with van der Waals surface area (Å²) in [6, 6.07) is 11.6. The first-order chi connectivity index (χ1) is 11.8. The number of benzene rings is 2. The predicted molar refractivity (Wildman–Crippen MR) is 94.1 cm³/mol. The molecule has 1 amide bonds. The molecule has 0 fully saturated rings. The quantitative estimate of drug-likeness (QED) is 0.798. The maximum Gasteiger partial charge on any atom is 0.240 e. The fourth-order valence-electron chi connectivity index (χ4n) is 2.17. The molecule has 0 bridgehead atoms. The fourth-order valence-corrected chi connectivity index (χ4v) is 3.32.